The van der Waals surface area contributed by atoms with Crippen molar-refractivity contribution in [3.05, 3.63) is 54.3 Å². The minimum Gasteiger partial charge on any atom is -0.481 e. The number of aromatic nitrogens is 2. The Hall–Kier alpha value is -3.53. The van der Waals surface area contributed by atoms with Crippen molar-refractivity contribution in [2.45, 2.75) is 158 Å². The van der Waals surface area contributed by atoms with Crippen molar-refractivity contribution in [1.82, 2.24) is 19.4 Å². The molecule has 1 aliphatic heterocycles. The summed E-state index contributed by atoms with van der Waals surface area (Å²) in [7, 11) is 4.17. The molecule has 9 rings (SSSR count). The van der Waals surface area contributed by atoms with Gasteiger partial charge in [-0.2, -0.15) is 0 Å². The first-order chi connectivity index (χ1) is 30.5. The van der Waals surface area contributed by atoms with Crippen molar-refractivity contribution in [2.75, 3.05) is 27.2 Å². The minimum atomic E-state index is -0.825. The average Bonchev–Trinajstić information content (AvgIpc) is 3.99. The summed E-state index contributed by atoms with van der Waals surface area (Å²) in [5.74, 6) is 1.03. The Morgan fingerprint density at radius 3 is 2.25 bits per heavy atom. The molecule has 0 spiro atoms. The highest BCUT2D eigenvalue weighted by Crippen LogP contribution is 2.78. The molecule has 6 saturated carbocycles. The van der Waals surface area contributed by atoms with Crippen LogP contribution in [0.2, 0.25) is 0 Å². The highest BCUT2D eigenvalue weighted by atomic mass is 19.1. The summed E-state index contributed by atoms with van der Waals surface area (Å²) in [5.41, 5.74) is 1.96. The Bertz CT molecular complexity index is 2210. The van der Waals surface area contributed by atoms with Crippen LogP contribution in [0.25, 0.3) is 11.3 Å². The molecule has 356 valence electrons. The molecule has 10 heteroatoms. The molecule has 0 radical (unpaired) electrons. The van der Waals surface area contributed by atoms with Crippen LogP contribution in [0.1, 0.15) is 151 Å². The van der Waals surface area contributed by atoms with Gasteiger partial charge in [-0.25, -0.2) is 9.37 Å². The van der Waals surface area contributed by atoms with Gasteiger partial charge in [0, 0.05) is 36.8 Å². The number of carboxylic acids is 1. The Morgan fingerprint density at radius 2 is 1.58 bits per heavy atom. The monoisotopic (exact) mass is 895 g/mol. The standard InChI is InChI=1S/C55H79FN4O5/c1-33(2)36-20-25-55(49(64)60-28-12-13-41(60)46-57-40(32-59(46)30-29-58(10)11)34-14-16-35(56)17-15-34)27-26-53(8)37(45(36)55)18-19-43-52(7)23-22-44(51(5,6)42(52)21-24-54(43,53)9)65-48(63)39-31-38(47(61)62)50(39,3)4/h14-17,32,36-39,41-45H,1,12-13,18-31H2,2-11H3,(H,61,62)/t36-,37+,38-,39+,41-,42-,43+,44-,45+,52-,53+,54+,55-/m0/s1. The van der Waals surface area contributed by atoms with Crippen molar-refractivity contribution in [2.24, 2.45) is 73.9 Å². The van der Waals surface area contributed by atoms with Gasteiger partial charge >= 0.3 is 11.9 Å². The zero-order valence-electron chi connectivity index (χ0n) is 41.4. The highest BCUT2D eigenvalue weighted by molar-refractivity contribution is 5.85. The number of esters is 1. The predicted octanol–water partition coefficient (Wildman–Crippen LogP) is 11.2. The number of halogens is 1. The van der Waals surface area contributed by atoms with Gasteiger partial charge in [0.25, 0.3) is 0 Å². The van der Waals surface area contributed by atoms with Crippen molar-refractivity contribution < 1.29 is 28.6 Å². The van der Waals surface area contributed by atoms with Crippen molar-refractivity contribution >= 4 is 17.8 Å². The van der Waals surface area contributed by atoms with E-state index in [2.05, 4.69) is 82.8 Å². The topological polar surface area (TPSA) is 105 Å². The average molecular weight is 895 g/mol. The van der Waals surface area contributed by atoms with Crippen molar-refractivity contribution in [3.63, 3.8) is 0 Å². The quantitative estimate of drug-likeness (QED) is 0.187. The number of fused-ring (bicyclic) bond motifs is 7. The molecule has 2 aromatic rings. The van der Waals surface area contributed by atoms with E-state index in [1.165, 1.54) is 17.7 Å². The third kappa shape index (κ3) is 6.95. The van der Waals surface area contributed by atoms with Crippen molar-refractivity contribution in [1.29, 1.82) is 0 Å². The van der Waals surface area contributed by atoms with Gasteiger partial charge in [-0.05, 0) is 180 Å². The van der Waals surface area contributed by atoms with Crippen LogP contribution in [0.4, 0.5) is 4.39 Å². The van der Waals surface area contributed by atoms with Gasteiger partial charge in [0.05, 0.1) is 29.0 Å². The molecule has 1 N–H and O–H groups in total. The van der Waals surface area contributed by atoms with Crippen LogP contribution in [-0.2, 0) is 25.7 Å². The lowest BCUT2D eigenvalue weighted by Gasteiger charge is -2.73. The lowest BCUT2D eigenvalue weighted by Crippen LogP contribution is -2.67. The molecule has 6 aliphatic carbocycles. The van der Waals surface area contributed by atoms with E-state index in [0.29, 0.717) is 36.0 Å². The van der Waals surface area contributed by atoms with Crippen LogP contribution >= 0.6 is 0 Å². The molecule has 7 fully saturated rings. The molecule has 1 aromatic carbocycles. The largest absolute Gasteiger partial charge is 0.481 e. The van der Waals surface area contributed by atoms with Gasteiger partial charge in [-0.1, -0.05) is 60.6 Å². The second-order valence-corrected chi connectivity index (χ2v) is 24.8. The van der Waals surface area contributed by atoms with Crippen LogP contribution in [0.5, 0.6) is 0 Å². The number of carbonyl (C=O) groups is 3. The number of nitrogens with zero attached hydrogens (tertiary/aromatic N) is 4. The first kappa shape index (κ1) is 46.6. The number of carboxylic acid groups (broad SMARTS) is 1. The lowest BCUT2D eigenvalue weighted by atomic mass is 9.32. The van der Waals surface area contributed by atoms with Crippen LogP contribution in [-0.4, -0.2) is 75.6 Å². The third-order valence-electron chi connectivity index (χ3n) is 21.1. The Morgan fingerprint density at radius 1 is 0.862 bits per heavy atom. The van der Waals surface area contributed by atoms with Crippen LogP contribution in [0.3, 0.4) is 0 Å². The smallest absolute Gasteiger partial charge is 0.309 e. The summed E-state index contributed by atoms with van der Waals surface area (Å²) in [6, 6.07) is 6.49. The molecule has 9 nitrogen and oxygen atoms in total. The maximum Gasteiger partial charge on any atom is 0.309 e. The van der Waals surface area contributed by atoms with E-state index < -0.39 is 22.7 Å². The van der Waals surface area contributed by atoms with E-state index in [1.807, 2.05) is 13.8 Å². The van der Waals surface area contributed by atoms with Crippen LogP contribution < -0.4 is 0 Å². The molecule has 7 aliphatic rings. The van der Waals surface area contributed by atoms with Gasteiger partial charge in [-0.15, -0.1) is 0 Å². The Labute approximate surface area is 388 Å². The van der Waals surface area contributed by atoms with E-state index in [1.54, 1.807) is 12.1 Å². The summed E-state index contributed by atoms with van der Waals surface area (Å²) < 4.78 is 22.7. The van der Waals surface area contributed by atoms with Gasteiger partial charge in [0.2, 0.25) is 5.91 Å². The molecule has 0 bridgehead atoms. The van der Waals surface area contributed by atoms with Gasteiger partial charge in [0.1, 0.15) is 17.7 Å². The molecule has 1 aromatic heterocycles. The van der Waals surface area contributed by atoms with E-state index in [-0.39, 0.29) is 57.4 Å². The first-order valence-electron chi connectivity index (χ1n) is 25.4. The number of amides is 1. The van der Waals surface area contributed by atoms with Crippen LogP contribution in [0.15, 0.2) is 42.6 Å². The fourth-order valence-electron chi connectivity index (χ4n) is 17.2. The number of benzene rings is 1. The molecule has 2 heterocycles. The van der Waals surface area contributed by atoms with E-state index in [4.69, 9.17) is 9.72 Å². The zero-order chi connectivity index (χ0) is 46.8. The Kier molecular flexibility index (Phi) is 11.5. The summed E-state index contributed by atoms with van der Waals surface area (Å²) >= 11 is 0. The van der Waals surface area contributed by atoms with Gasteiger partial charge < -0.3 is 24.2 Å². The zero-order valence-corrected chi connectivity index (χ0v) is 41.4. The first-order valence-corrected chi connectivity index (χ1v) is 25.4. The molecular formula is C55H79FN4O5. The minimum absolute atomic E-state index is 0.0667. The predicted molar refractivity (Wildman–Crippen MR) is 252 cm³/mol. The summed E-state index contributed by atoms with van der Waals surface area (Å²) in [4.78, 5) is 51.2. The number of imidazole rings is 1. The number of rotatable bonds is 10. The normalized spacial score (nSPS) is 40.2. The summed E-state index contributed by atoms with van der Waals surface area (Å²) in [5, 5.41) is 9.74. The summed E-state index contributed by atoms with van der Waals surface area (Å²) in [6.45, 7) is 25.6. The van der Waals surface area contributed by atoms with Gasteiger partial charge in [0.15, 0.2) is 0 Å². The molecule has 65 heavy (non-hydrogen) atoms. The second-order valence-electron chi connectivity index (χ2n) is 24.8. The third-order valence-corrected chi connectivity index (χ3v) is 21.1. The molecular weight excluding hydrogens is 816 g/mol. The number of hydrogen-bond donors (Lipinski definition) is 1. The fourth-order valence-corrected chi connectivity index (χ4v) is 17.2. The molecule has 1 saturated heterocycles. The van der Waals surface area contributed by atoms with Crippen molar-refractivity contribution in [3.8, 4) is 11.3 Å². The number of likely N-dealkylation sites (N-methyl/N-ethyl adjacent to an activating group) is 1. The maximum atomic E-state index is 15.9. The Balaban J connectivity index is 0.983. The van der Waals surface area contributed by atoms with Gasteiger partial charge in [-0.3, -0.25) is 14.4 Å². The van der Waals surface area contributed by atoms with E-state index >= 15 is 4.79 Å². The second kappa shape index (κ2) is 16.0. The lowest BCUT2D eigenvalue weighted by molar-refractivity contribution is -0.251. The molecule has 1 amide bonds. The number of aliphatic carboxylic acids is 1. The number of likely N-dealkylation sites (tertiary alicyclic amines) is 1. The SMILES string of the molecule is C=C(C)[C@@H]1CC[C@]2(C(=O)N3CCC[C@H]3c3nc(-c4ccc(F)cc4)cn3CCN(C)C)CC[C@]3(C)[C@H](CC[C@@H]4[C@@]5(C)CC[C@H](OC(=O)[C@H]6C[C@@H](C(=O)O)C6(C)C)C(C)(C)[C@@H]5CC[C@]43C)[C@@H]12. The van der Waals surface area contributed by atoms with Crippen LogP contribution in [0, 0.1) is 79.7 Å². The number of ether oxygens (including phenoxy) is 1. The molecule has 0 unspecified atom stereocenters. The molecule has 13 atom stereocenters. The number of hydrogen-bond acceptors (Lipinski definition) is 6. The summed E-state index contributed by atoms with van der Waals surface area (Å²) in [6.07, 6.45) is 14.4. The van der Waals surface area contributed by atoms with E-state index in [9.17, 15) is 19.1 Å². The number of carbonyl (C=O) groups excluding carboxylic acids is 2. The highest BCUT2D eigenvalue weighted by Gasteiger charge is 2.72. The maximum absolute atomic E-state index is 15.9. The fraction of sp³-hybridized carbons (Fsp3) is 0.745. The van der Waals surface area contributed by atoms with E-state index in [0.717, 1.165) is 114 Å². The number of allylic oxidation sites excluding steroid dienone is 1.